The zero-order valence-corrected chi connectivity index (χ0v) is 7.72. The van der Waals surface area contributed by atoms with Crippen LogP contribution in [0.2, 0.25) is 0 Å². The highest BCUT2D eigenvalue weighted by Gasteiger charge is 2.26. The second kappa shape index (κ2) is 2.94. The fourth-order valence-electron chi connectivity index (χ4n) is 2.10. The molecule has 60 valence electrons. The van der Waals surface area contributed by atoms with Gasteiger partial charge in [-0.25, -0.2) is 0 Å². The van der Waals surface area contributed by atoms with Gasteiger partial charge in [0.1, 0.15) is 0 Å². The lowest BCUT2D eigenvalue weighted by atomic mass is 9.71. The molecule has 0 aromatic heterocycles. The summed E-state index contributed by atoms with van der Waals surface area (Å²) in [5.41, 5.74) is 0. The van der Waals surface area contributed by atoms with Gasteiger partial charge in [-0.15, -0.1) is 0 Å². The van der Waals surface area contributed by atoms with Crippen LogP contribution in [0.25, 0.3) is 0 Å². The molecule has 4 atom stereocenters. The lowest BCUT2D eigenvalue weighted by molar-refractivity contribution is 0.157. The predicted octanol–water partition coefficient (Wildman–Crippen LogP) is 3.32. The molecule has 1 aliphatic rings. The van der Waals surface area contributed by atoms with Gasteiger partial charge in [-0.1, -0.05) is 27.7 Å². The molecular formula is C10H20. The van der Waals surface area contributed by atoms with Crippen LogP contribution in [0.5, 0.6) is 0 Å². The van der Waals surface area contributed by atoms with Crippen molar-refractivity contribution in [2.75, 3.05) is 0 Å². The molecule has 10 heavy (non-hydrogen) atoms. The Morgan fingerprint density at radius 1 is 0.600 bits per heavy atom. The van der Waals surface area contributed by atoms with E-state index in [1.54, 1.807) is 0 Å². The number of hydrogen-bond acceptors (Lipinski definition) is 0. The Labute approximate surface area is 65.0 Å². The first-order valence-electron chi connectivity index (χ1n) is 4.61. The predicted molar refractivity (Wildman–Crippen MR) is 45.9 cm³/mol. The molecule has 4 unspecified atom stereocenters. The average Bonchev–Trinajstić information content (AvgIpc) is 1.84. The van der Waals surface area contributed by atoms with E-state index in [0.29, 0.717) is 0 Å². The molecule has 1 fully saturated rings. The maximum absolute atomic E-state index is 2.40. The van der Waals surface area contributed by atoms with E-state index in [1.807, 2.05) is 0 Å². The maximum atomic E-state index is 2.40. The summed E-state index contributed by atoms with van der Waals surface area (Å²) in [6.45, 7) is 9.58. The molecule has 0 nitrogen and oxygen atoms in total. The minimum Gasteiger partial charge on any atom is -0.0622 e. The van der Waals surface area contributed by atoms with Crippen LogP contribution in [0, 0.1) is 23.7 Å². The van der Waals surface area contributed by atoms with E-state index >= 15 is 0 Å². The van der Waals surface area contributed by atoms with Crippen LogP contribution in [0.4, 0.5) is 0 Å². The topological polar surface area (TPSA) is 0 Å². The summed E-state index contributed by atoms with van der Waals surface area (Å²) in [6.07, 6.45) is 2.89. The average molecular weight is 140 g/mol. The van der Waals surface area contributed by atoms with Gasteiger partial charge in [0.25, 0.3) is 0 Å². The van der Waals surface area contributed by atoms with Crippen molar-refractivity contribution in [2.45, 2.75) is 40.5 Å². The molecule has 0 aromatic carbocycles. The maximum Gasteiger partial charge on any atom is -0.0414 e. The minimum absolute atomic E-state index is 0.964. The lowest BCUT2D eigenvalue weighted by Crippen LogP contribution is -2.25. The van der Waals surface area contributed by atoms with Crippen molar-refractivity contribution in [2.24, 2.45) is 23.7 Å². The molecular weight excluding hydrogens is 120 g/mol. The Balaban J connectivity index is 2.46. The Kier molecular flexibility index (Phi) is 2.38. The second-order valence-corrected chi connectivity index (χ2v) is 4.38. The van der Waals surface area contributed by atoms with Crippen LogP contribution in [0.1, 0.15) is 40.5 Å². The summed E-state index contributed by atoms with van der Waals surface area (Å²) in [5.74, 6) is 3.86. The van der Waals surface area contributed by atoms with Crippen molar-refractivity contribution >= 4 is 0 Å². The van der Waals surface area contributed by atoms with E-state index in [2.05, 4.69) is 27.7 Å². The quantitative estimate of drug-likeness (QED) is 0.484. The van der Waals surface area contributed by atoms with Crippen LogP contribution in [0.3, 0.4) is 0 Å². The Hall–Kier alpha value is 0. The van der Waals surface area contributed by atoms with Gasteiger partial charge < -0.3 is 0 Å². The normalized spacial score (nSPS) is 49.2. The number of rotatable bonds is 0. The molecule has 1 rings (SSSR count). The SMILES string of the molecule is CC1CC(C)C(C)CC1C. The third kappa shape index (κ3) is 1.53. The number of hydrogen-bond donors (Lipinski definition) is 0. The molecule has 1 saturated carbocycles. The van der Waals surface area contributed by atoms with E-state index < -0.39 is 0 Å². The van der Waals surface area contributed by atoms with E-state index in [1.165, 1.54) is 12.8 Å². The monoisotopic (exact) mass is 140 g/mol. The largest absolute Gasteiger partial charge is 0.0622 e. The summed E-state index contributed by atoms with van der Waals surface area (Å²) in [4.78, 5) is 0. The first-order valence-corrected chi connectivity index (χ1v) is 4.61. The van der Waals surface area contributed by atoms with E-state index in [9.17, 15) is 0 Å². The molecule has 0 spiro atoms. The van der Waals surface area contributed by atoms with E-state index in [4.69, 9.17) is 0 Å². The Bertz CT molecular complexity index is 80.6. The van der Waals surface area contributed by atoms with Crippen LogP contribution in [-0.2, 0) is 0 Å². The molecule has 0 amide bonds. The highest BCUT2D eigenvalue weighted by molar-refractivity contribution is 4.77. The van der Waals surface area contributed by atoms with Crippen molar-refractivity contribution in [3.8, 4) is 0 Å². The van der Waals surface area contributed by atoms with Gasteiger partial charge in [-0.2, -0.15) is 0 Å². The highest BCUT2D eigenvalue weighted by atomic mass is 14.3. The van der Waals surface area contributed by atoms with Crippen molar-refractivity contribution in [3.05, 3.63) is 0 Å². The zero-order chi connectivity index (χ0) is 7.72. The molecule has 0 aliphatic heterocycles. The van der Waals surface area contributed by atoms with Crippen molar-refractivity contribution in [3.63, 3.8) is 0 Å². The highest BCUT2D eigenvalue weighted by Crippen LogP contribution is 2.36. The molecule has 1 aliphatic carbocycles. The Morgan fingerprint density at radius 2 is 0.800 bits per heavy atom. The van der Waals surface area contributed by atoms with Crippen molar-refractivity contribution < 1.29 is 0 Å². The van der Waals surface area contributed by atoms with Gasteiger partial charge in [-0.3, -0.25) is 0 Å². The molecule has 0 N–H and O–H groups in total. The van der Waals surface area contributed by atoms with Gasteiger partial charge in [-0.05, 0) is 36.5 Å². The van der Waals surface area contributed by atoms with Crippen LogP contribution in [0.15, 0.2) is 0 Å². The summed E-state index contributed by atoms with van der Waals surface area (Å²) in [6, 6.07) is 0. The van der Waals surface area contributed by atoms with Crippen LogP contribution in [-0.4, -0.2) is 0 Å². The minimum atomic E-state index is 0.964. The first kappa shape index (κ1) is 8.10. The van der Waals surface area contributed by atoms with Gasteiger partial charge in [0.2, 0.25) is 0 Å². The molecule has 0 saturated heterocycles. The van der Waals surface area contributed by atoms with Gasteiger partial charge in [0.05, 0.1) is 0 Å². The van der Waals surface area contributed by atoms with Gasteiger partial charge in [0, 0.05) is 0 Å². The van der Waals surface area contributed by atoms with E-state index in [0.717, 1.165) is 23.7 Å². The summed E-state index contributed by atoms with van der Waals surface area (Å²) in [5, 5.41) is 0. The third-order valence-electron chi connectivity index (χ3n) is 3.43. The molecule has 0 bridgehead atoms. The van der Waals surface area contributed by atoms with Gasteiger partial charge >= 0.3 is 0 Å². The molecule has 0 aromatic rings. The molecule has 0 heteroatoms. The van der Waals surface area contributed by atoms with Crippen LogP contribution < -0.4 is 0 Å². The van der Waals surface area contributed by atoms with E-state index in [-0.39, 0.29) is 0 Å². The van der Waals surface area contributed by atoms with Crippen molar-refractivity contribution in [1.82, 2.24) is 0 Å². The fourth-order valence-corrected chi connectivity index (χ4v) is 2.10. The Morgan fingerprint density at radius 3 is 1.00 bits per heavy atom. The molecule has 0 radical (unpaired) electrons. The standard InChI is InChI=1S/C10H20/c1-7-5-9(3)10(4)6-8(7)2/h7-10H,5-6H2,1-4H3. The zero-order valence-electron chi connectivity index (χ0n) is 7.72. The smallest absolute Gasteiger partial charge is 0.0414 e. The summed E-state index contributed by atoms with van der Waals surface area (Å²) < 4.78 is 0. The first-order chi connectivity index (χ1) is 4.61. The summed E-state index contributed by atoms with van der Waals surface area (Å²) >= 11 is 0. The molecule has 0 heterocycles. The van der Waals surface area contributed by atoms with Gasteiger partial charge in [0.15, 0.2) is 0 Å². The fraction of sp³-hybridized carbons (Fsp3) is 1.00. The lowest BCUT2D eigenvalue weighted by Gasteiger charge is -2.35. The summed E-state index contributed by atoms with van der Waals surface area (Å²) in [7, 11) is 0. The van der Waals surface area contributed by atoms with Crippen LogP contribution >= 0.6 is 0 Å². The van der Waals surface area contributed by atoms with Crippen molar-refractivity contribution in [1.29, 1.82) is 0 Å². The third-order valence-corrected chi connectivity index (χ3v) is 3.43. The second-order valence-electron chi connectivity index (χ2n) is 4.38.